The van der Waals surface area contributed by atoms with Crippen LogP contribution in [0.2, 0.25) is 0 Å². The van der Waals surface area contributed by atoms with E-state index in [2.05, 4.69) is 86.1 Å². The summed E-state index contributed by atoms with van der Waals surface area (Å²) in [5.74, 6) is 1.72. The minimum atomic E-state index is -0.544. The maximum Gasteiger partial charge on any atom is 0.162 e. The molecule has 0 saturated heterocycles. The molecule has 6 heteroatoms. The maximum absolute atomic E-state index is 11.0. The van der Waals surface area contributed by atoms with E-state index in [0.29, 0.717) is 5.82 Å². The molecule has 3 aromatic carbocycles. The number of aromatic nitrogens is 2. The van der Waals surface area contributed by atoms with Crippen molar-refractivity contribution in [3.63, 3.8) is 0 Å². The van der Waals surface area contributed by atoms with Crippen LogP contribution < -0.4 is 16.0 Å². The van der Waals surface area contributed by atoms with Crippen molar-refractivity contribution in [3.05, 3.63) is 82.9 Å². The lowest BCUT2D eigenvalue weighted by Crippen LogP contribution is -2.18. The summed E-state index contributed by atoms with van der Waals surface area (Å²) in [6, 6.07) is 20.8. The SMILES string of the molecule is CCC1Nc2cc(C(C)C)c(-c3nc(NC4=C(C)CNc5ccccc54)c4ccccc4n3)cc2C1O. The Hall–Kier alpha value is -3.90. The Morgan fingerprint density at radius 2 is 1.78 bits per heavy atom. The second kappa shape index (κ2) is 9.20. The van der Waals surface area contributed by atoms with Crippen LogP contribution in [0.4, 0.5) is 17.2 Å². The van der Waals surface area contributed by atoms with Gasteiger partial charge in [0.2, 0.25) is 0 Å². The smallest absolute Gasteiger partial charge is 0.162 e. The molecule has 188 valence electrons. The molecule has 6 nitrogen and oxygen atoms in total. The quantitative estimate of drug-likeness (QED) is 0.242. The van der Waals surface area contributed by atoms with E-state index in [4.69, 9.17) is 9.97 Å². The first kappa shape index (κ1) is 23.5. The molecule has 1 aromatic heterocycles. The summed E-state index contributed by atoms with van der Waals surface area (Å²) in [6.45, 7) is 9.39. The van der Waals surface area contributed by atoms with Gasteiger partial charge in [-0.25, -0.2) is 9.97 Å². The van der Waals surface area contributed by atoms with Gasteiger partial charge in [0.15, 0.2) is 5.82 Å². The van der Waals surface area contributed by atoms with Crippen molar-refractivity contribution in [2.75, 3.05) is 22.5 Å². The van der Waals surface area contributed by atoms with E-state index in [0.717, 1.165) is 63.4 Å². The van der Waals surface area contributed by atoms with Crippen molar-refractivity contribution >= 4 is 33.8 Å². The fraction of sp³-hybridized carbons (Fsp3) is 0.290. The monoisotopic (exact) mass is 491 g/mol. The zero-order valence-corrected chi connectivity index (χ0v) is 21.8. The number of nitrogens with one attached hydrogen (secondary N) is 3. The highest BCUT2D eigenvalue weighted by atomic mass is 16.3. The molecule has 2 aliphatic heterocycles. The molecule has 4 aromatic rings. The summed E-state index contributed by atoms with van der Waals surface area (Å²) in [6.07, 6.45) is 0.310. The van der Waals surface area contributed by atoms with Crippen LogP contribution in [0.3, 0.4) is 0 Å². The van der Waals surface area contributed by atoms with Gasteiger partial charge in [-0.05, 0) is 60.7 Å². The summed E-state index contributed by atoms with van der Waals surface area (Å²) in [5, 5.41) is 22.6. The molecular weight excluding hydrogens is 458 g/mol. The summed E-state index contributed by atoms with van der Waals surface area (Å²) in [5.41, 5.74) is 9.50. The van der Waals surface area contributed by atoms with Gasteiger partial charge in [-0.15, -0.1) is 0 Å². The number of anilines is 3. The van der Waals surface area contributed by atoms with Crippen LogP contribution in [0.25, 0.3) is 28.0 Å². The van der Waals surface area contributed by atoms with Gasteiger partial charge in [0, 0.05) is 45.7 Å². The molecule has 6 rings (SSSR count). The third-order valence-electron chi connectivity index (χ3n) is 7.58. The molecule has 0 radical (unpaired) electrons. The Bertz CT molecular complexity index is 1540. The topological polar surface area (TPSA) is 82.1 Å². The summed E-state index contributed by atoms with van der Waals surface area (Å²) >= 11 is 0. The van der Waals surface area contributed by atoms with E-state index in [1.807, 2.05) is 18.2 Å². The molecule has 0 bridgehead atoms. The van der Waals surface area contributed by atoms with Crippen LogP contribution >= 0.6 is 0 Å². The fourth-order valence-corrected chi connectivity index (χ4v) is 5.48. The number of nitrogens with zero attached hydrogens (tertiary/aromatic N) is 2. The predicted octanol–water partition coefficient (Wildman–Crippen LogP) is 6.93. The zero-order valence-electron chi connectivity index (χ0n) is 21.8. The Morgan fingerprint density at radius 1 is 1.00 bits per heavy atom. The summed E-state index contributed by atoms with van der Waals surface area (Å²) < 4.78 is 0. The number of fused-ring (bicyclic) bond motifs is 3. The average Bonchev–Trinajstić information content (AvgIpc) is 3.24. The van der Waals surface area contributed by atoms with Crippen molar-refractivity contribution in [2.24, 2.45) is 0 Å². The van der Waals surface area contributed by atoms with Crippen molar-refractivity contribution < 1.29 is 5.11 Å². The van der Waals surface area contributed by atoms with Gasteiger partial charge in [-0.1, -0.05) is 51.1 Å². The Balaban J connectivity index is 1.52. The van der Waals surface area contributed by atoms with Gasteiger partial charge in [0.25, 0.3) is 0 Å². The van der Waals surface area contributed by atoms with Gasteiger partial charge in [0.05, 0.1) is 11.6 Å². The average molecular weight is 492 g/mol. The standard InChI is InChI=1S/C31H33N5O/c1-5-24-29(37)23-14-22(21(17(2)3)15-27(23)33-24)31-34-26-13-9-7-11-20(26)30(36-31)35-28-18(4)16-32-25-12-8-6-10-19(25)28/h6-15,17,24,29,32-33,37H,5,16H2,1-4H3,(H,34,35,36). The van der Waals surface area contributed by atoms with E-state index in [1.54, 1.807) is 0 Å². The highest BCUT2D eigenvalue weighted by Crippen LogP contribution is 2.42. The van der Waals surface area contributed by atoms with E-state index >= 15 is 0 Å². The van der Waals surface area contributed by atoms with Crippen LogP contribution in [0.15, 0.2) is 66.2 Å². The van der Waals surface area contributed by atoms with E-state index in [1.165, 1.54) is 11.1 Å². The van der Waals surface area contributed by atoms with E-state index in [9.17, 15) is 5.11 Å². The number of para-hydroxylation sites is 2. The first-order valence-electron chi connectivity index (χ1n) is 13.1. The summed E-state index contributed by atoms with van der Waals surface area (Å²) in [4.78, 5) is 10.1. The van der Waals surface area contributed by atoms with Crippen molar-refractivity contribution in [1.82, 2.24) is 9.97 Å². The first-order chi connectivity index (χ1) is 17.9. The molecule has 0 spiro atoms. The molecule has 0 aliphatic carbocycles. The molecule has 4 N–H and O–H groups in total. The van der Waals surface area contributed by atoms with Crippen molar-refractivity contribution in [1.29, 1.82) is 0 Å². The van der Waals surface area contributed by atoms with Gasteiger partial charge < -0.3 is 21.1 Å². The first-order valence-corrected chi connectivity index (χ1v) is 13.1. The summed E-state index contributed by atoms with van der Waals surface area (Å²) in [7, 11) is 0. The lowest BCUT2D eigenvalue weighted by molar-refractivity contribution is 0.162. The van der Waals surface area contributed by atoms with Crippen molar-refractivity contribution in [3.8, 4) is 11.4 Å². The molecular formula is C31H33N5O. The van der Waals surface area contributed by atoms with Gasteiger partial charge in [-0.2, -0.15) is 0 Å². The molecule has 2 atom stereocenters. The molecule has 0 amide bonds. The third kappa shape index (κ3) is 4.02. The maximum atomic E-state index is 11.0. The Labute approximate surface area is 217 Å². The second-order valence-electron chi connectivity index (χ2n) is 10.4. The minimum Gasteiger partial charge on any atom is -0.386 e. The molecule has 2 unspecified atom stereocenters. The molecule has 0 fully saturated rings. The molecule has 0 saturated carbocycles. The highest BCUT2D eigenvalue weighted by molar-refractivity contribution is 5.97. The lowest BCUT2D eigenvalue weighted by atomic mass is 9.92. The Kier molecular flexibility index (Phi) is 5.84. The molecule has 2 aliphatic rings. The fourth-order valence-electron chi connectivity index (χ4n) is 5.48. The van der Waals surface area contributed by atoms with Gasteiger partial charge >= 0.3 is 0 Å². The minimum absolute atomic E-state index is 0.0231. The number of aliphatic hydroxyl groups excluding tert-OH is 1. The van der Waals surface area contributed by atoms with Gasteiger partial charge in [0.1, 0.15) is 11.9 Å². The largest absolute Gasteiger partial charge is 0.386 e. The second-order valence-corrected chi connectivity index (χ2v) is 10.4. The number of aliphatic hydroxyl groups is 1. The van der Waals surface area contributed by atoms with Crippen molar-refractivity contribution in [2.45, 2.75) is 52.2 Å². The number of hydrogen-bond acceptors (Lipinski definition) is 6. The van der Waals surface area contributed by atoms with Crippen LogP contribution in [0.5, 0.6) is 0 Å². The third-order valence-corrected chi connectivity index (χ3v) is 7.58. The van der Waals surface area contributed by atoms with Gasteiger partial charge in [-0.3, -0.25) is 0 Å². The molecule has 37 heavy (non-hydrogen) atoms. The van der Waals surface area contributed by atoms with E-state index < -0.39 is 6.10 Å². The van der Waals surface area contributed by atoms with E-state index in [-0.39, 0.29) is 12.0 Å². The predicted molar refractivity (Wildman–Crippen MR) is 153 cm³/mol. The lowest BCUT2D eigenvalue weighted by Gasteiger charge is -2.24. The highest BCUT2D eigenvalue weighted by Gasteiger charge is 2.31. The molecule has 3 heterocycles. The van der Waals surface area contributed by atoms with Crippen LogP contribution in [-0.4, -0.2) is 27.7 Å². The number of hydrogen-bond donors (Lipinski definition) is 4. The Morgan fingerprint density at radius 3 is 2.59 bits per heavy atom. The van der Waals surface area contributed by atoms with Crippen LogP contribution in [0, 0.1) is 0 Å². The number of rotatable bonds is 5. The normalized spacial score (nSPS) is 18.4. The van der Waals surface area contributed by atoms with Crippen LogP contribution in [-0.2, 0) is 0 Å². The van der Waals surface area contributed by atoms with Crippen LogP contribution in [0.1, 0.15) is 62.8 Å². The zero-order chi connectivity index (χ0) is 25.7. The number of benzene rings is 3.